The third-order valence-electron chi connectivity index (χ3n) is 5.78. The summed E-state index contributed by atoms with van der Waals surface area (Å²) < 4.78 is 1.58. The molecule has 0 fully saturated rings. The van der Waals surface area contributed by atoms with E-state index in [1.807, 2.05) is 61.7 Å². The lowest BCUT2D eigenvalue weighted by atomic mass is 9.86. The Morgan fingerprint density at radius 2 is 1.71 bits per heavy atom. The number of carbonyl (C=O) groups excluding carboxylic acids is 1. The molecule has 1 amide bonds. The molecule has 31 heavy (non-hydrogen) atoms. The van der Waals surface area contributed by atoms with Crippen LogP contribution in [0.2, 0.25) is 0 Å². The van der Waals surface area contributed by atoms with Crippen molar-refractivity contribution >= 4 is 22.5 Å². The minimum Gasteiger partial charge on any atom is -0.357 e. The molecule has 2 N–H and O–H groups in total. The fourth-order valence-corrected chi connectivity index (χ4v) is 3.86. The van der Waals surface area contributed by atoms with E-state index in [4.69, 9.17) is 0 Å². The molecule has 4 aromatic rings. The van der Waals surface area contributed by atoms with Gasteiger partial charge in [0.2, 0.25) is 0 Å². The van der Waals surface area contributed by atoms with E-state index < -0.39 is 0 Å². The van der Waals surface area contributed by atoms with Crippen LogP contribution >= 0.6 is 0 Å². The number of rotatable bonds is 3. The van der Waals surface area contributed by atoms with Crippen LogP contribution in [-0.4, -0.2) is 15.5 Å². The first kappa shape index (κ1) is 20.7. The molecule has 0 saturated carbocycles. The Hall–Kier alpha value is -3.60. The lowest BCUT2D eigenvalue weighted by molar-refractivity contribution is 0.102. The summed E-state index contributed by atoms with van der Waals surface area (Å²) in [4.78, 5) is 28.3. The first-order valence-corrected chi connectivity index (χ1v) is 10.4. The summed E-state index contributed by atoms with van der Waals surface area (Å²) in [6.45, 7) is 8.44. The number of carbonyl (C=O) groups is 1. The SMILES string of the molecule is Cc1c(NC(=O)c2ccc(C(C)(C)C)cc2)cccc1-c1cn(C)c(=O)c2[nH]ccc12. The average Bonchev–Trinajstić information content (AvgIpc) is 3.22. The highest BCUT2D eigenvalue weighted by Crippen LogP contribution is 2.32. The fourth-order valence-electron chi connectivity index (χ4n) is 3.86. The first-order chi connectivity index (χ1) is 14.7. The lowest BCUT2D eigenvalue weighted by Crippen LogP contribution is -2.17. The number of fused-ring (bicyclic) bond motifs is 1. The molecule has 0 atom stereocenters. The normalized spacial score (nSPS) is 11.6. The summed E-state index contributed by atoms with van der Waals surface area (Å²) in [5.74, 6) is -0.145. The van der Waals surface area contributed by atoms with E-state index >= 15 is 0 Å². The Morgan fingerprint density at radius 3 is 2.39 bits per heavy atom. The van der Waals surface area contributed by atoms with E-state index in [9.17, 15) is 9.59 Å². The van der Waals surface area contributed by atoms with Crippen molar-refractivity contribution < 1.29 is 4.79 Å². The predicted molar refractivity (Wildman–Crippen MR) is 127 cm³/mol. The van der Waals surface area contributed by atoms with Gasteiger partial charge in [-0.15, -0.1) is 0 Å². The molecule has 0 saturated heterocycles. The monoisotopic (exact) mass is 413 g/mol. The van der Waals surface area contributed by atoms with E-state index in [2.05, 4.69) is 31.1 Å². The van der Waals surface area contributed by atoms with Crippen molar-refractivity contribution in [3.05, 3.63) is 88.0 Å². The van der Waals surface area contributed by atoms with Gasteiger partial charge in [0.05, 0.1) is 0 Å². The second-order valence-corrected chi connectivity index (χ2v) is 8.98. The maximum atomic E-state index is 12.9. The number of anilines is 1. The Labute approximate surface area is 181 Å². The molecule has 0 aliphatic heterocycles. The van der Waals surface area contributed by atoms with Crippen molar-refractivity contribution in [3.8, 4) is 11.1 Å². The molecule has 4 rings (SSSR count). The molecule has 158 valence electrons. The summed E-state index contributed by atoms with van der Waals surface area (Å²) >= 11 is 0. The summed E-state index contributed by atoms with van der Waals surface area (Å²) in [5.41, 5.74) is 5.97. The van der Waals surface area contributed by atoms with E-state index in [1.165, 1.54) is 5.56 Å². The van der Waals surface area contributed by atoms with Gasteiger partial charge in [-0.3, -0.25) is 9.59 Å². The number of amides is 1. The molecule has 0 aliphatic rings. The molecule has 0 spiro atoms. The summed E-state index contributed by atoms with van der Waals surface area (Å²) in [6.07, 6.45) is 3.62. The second kappa shape index (κ2) is 7.58. The highest BCUT2D eigenvalue weighted by Gasteiger charge is 2.16. The van der Waals surface area contributed by atoms with Crippen molar-refractivity contribution in [3.63, 3.8) is 0 Å². The van der Waals surface area contributed by atoms with E-state index in [0.717, 1.165) is 27.8 Å². The van der Waals surface area contributed by atoms with Crippen LogP contribution in [0, 0.1) is 6.92 Å². The Balaban J connectivity index is 1.69. The third kappa shape index (κ3) is 3.79. The Kier molecular flexibility index (Phi) is 5.05. The van der Waals surface area contributed by atoms with Crippen LogP contribution in [0.3, 0.4) is 0 Å². The maximum absolute atomic E-state index is 12.9. The number of benzene rings is 2. The van der Waals surface area contributed by atoms with Gasteiger partial charge in [-0.25, -0.2) is 0 Å². The van der Waals surface area contributed by atoms with Crippen molar-refractivity contribution in [1.29, 1.82) is 0 Å². The largest absolute Gasteiger partial charge is 0.357 e. The Morgan fingerprint density at radius 1 is 1.00 bits per heavy atom. The molecule has 5 nitrogen and oxygen atoms in total. The van der Waals surface area contributed by atoms with Gasteiger partial charge < -0.3 is 14.9 Å². The number of nitrogens with one attached hydrogen (secondary N) is 2. The lowest BCUT2D eigenvalue weighted by Gasteiger charge is -2.19. The summed E-state index contributed by atoms with van der Waals surface area (Å²) in [7, 11) is 1.74. The van der Waals surface area contributed by atoms with E-state index in [-0.39, 0.29) is 16.9 Å². The van der Waals surface area contributed by atoms with E-state index in [0.29, 0.717) is 11.1 Å². The molecule has 0 bridgehead atoms. The van der Waals surface area contributed by atoms with Crippen LogP contribution in [0.25, 0.3) is 22.0 Å². The predicted octanol–water partition coefficient (Wildman–Crippen LogP) is 5.39. The van der Waals surface area contributed by atoms with Gasteiger partial charge in [0.1, 0.15) is 5.52 Å². The molecular weight excluding hydrogens is 386 g/mol. The van der Waals surface area contributed by atoms with Crippen molar-refractivity contribution in [2.24, 2.45) is 7.05 Å². The molecule has 2 heterocycles. The van der Waals surface area contributed by atoms with Crippen LogP contribution in [0.1, 0.15) is 42.3 Å². The van der Waals surface area contributed by atoms with Gasteiger partial charge in [0.25, 0.3) is 11.5 Å². The van der Waals surface area contributed by atoms with E-state index in [1.54, 1.807) is 17.8 Å². The average molecular weight is 414 g/mol. The number of aryl methyl sites for hydroxylation is 1. The molecule has 2 aromatic heterocycles. The molecule has 0 unspecified atom stereocenters. The highest BCUT2D eigenvalue weighted by atomic mass is 16.1. The maximum Gasteiger partial charge on any atom is 0.274 e. The minimum atomic E-state index is -0.145. The fraction of sp³-hybridized carbons (Fsp3) is 0.231. The smallest absolute Gasteiger partial charge is 0.274 e. The highest BCUT2D eigenvalue weighted by molar-refractivity contribution is 6.05. The number of nitrogens with zero attached hydrogens (tertiary/aromatic N) is 1. The number of pyridine rings is 1. The van der Waals surface area contributed by atoms with Gasteiger partial charge in [0, 0.05) is 41.6 Å². The van der Waals surface area contributed by atoms with Crippen LogP contribution in [0.4, 0.5) is 5.69 Å². The number of hydrogen-bond acceptors (Lipinski definition) is 2. The number of H-pyrrole nitrogens is 1. The third-order valence-corrected chi connectivity index (χ3v) is 5.78. The molecule has 2 aromatic carbocycles. The van der Waals surface area contributed by atoms with Crippen molar-refractivity contribution in [2.45, 2.75) is 33.1 Å². The summed E-state index contributed by atoms with van der Waals surface area (Å²) in [6, 6.07) is 15.5. The molecule has 0 aliphatic carbocycles. The van der Waals surface area contributed by atoms with Gasteiger partial charge in [-0.2, -0.15) is 0 Å². The quantitative estimate of drug-likeness (QED) is 0.473. The Bertz CT molecular complexity index is 1340. The first-order valence-electron chi connectivity index (χ1n) is 10.4. The number of hydrogen-bond donors (Lipinski definition) is 2. The summed E-state index contributed by atoms with van der Waals surface area (Å²) in [5, 5.41) is 3.92. The molecular formula is C26H27N3O2. The van der Waals surface area contributed by atoms with Gasteiger partial charge in [0.15, 0.2) is 0 Å². The van der Waals surface area contributed by atoms with Crippen molar-refractivity contribution in [2.75, 3.05) is 5.32 Å². The van der Waals surface area contributed by atoms with Gasteiger partial charge in [-0.05, 0) is 53.3 Å². The second-order valence-electron chi connectivity index (χ2n) is 8.98. The topological polar surface area (TPSA) is 66.9 Å². The van der Waals surface area contributed by atoms with Crippen LogP contribution in [0.5, 0.6) is 0 Å². The van der Waals surface area contributed by atoms with Crippen molar-refractivity contribution in [1.82, 2.24) is 9.55 Å². The van der Waals surface area contributed by atoms with Crippen LogP contribution in [-0.2, 0) is 12.5 Å². The zero-order valence-electron chi connectivity index (χ0n) is 18.5. The molecule has 0 radical (unpaired) electrons. The number of aromatic amines is 1. The standard InChI is InChI=1S/C26H27N3O2/c1-16-19(21-15-29(5)25(31)23-20(21)13-14-27-23)7-6-8-22(16)28-24(30)17-9-11-18(12-10-17)26(2,3)4/h6-15,27H,1-5H3,(H,28,30). The zero-order valence-corrected chi connectivity index (χ0v) is 18.5. The van der Waals surface area contributed by atoms with Gasteiger partial charge >= 0.3 is 0 Å². The zero-order chi connectivity index (χ0) is 22.3. The van der Waals surface area contributed by atoms with Crippen LogP contribution < -0.4 is 10.9 Å². The number of aromatic nitrogens is 2. The van der Waals surface area contributed by atoms with Crippen LogP contribution in [0.15, 0.2) is 65.7 Å². The van der Waals surface area contributed by atoms with Gasteiger partial charge in [-0.1, -0.05) is 45.0 Å². The minimum absolute atomic E-state index is 0.0409. The molecule has 5 heteroatoms.